The zero-order chi connectivity index (χ0) is 15.9. The van der Waals surface area contributed by atoms with E-state index in [0.29, 0.717) is 11.7 Å². The van der Waals surface area contributed by atoms with Crippen LogP contribution in [-0.4, -0.2) is 16.0 Å². The fourth-order valence-corrected chi connectivity index (χ4v) is 4.33. The smallest absolute Gasteiger partial charge is 0.261 e. The summed E-state index contributed by atoms with van der Waals surface area (Å²) >= 11 is 1.60. The number of nitrogens with one attached hydrogen (secondary N) is 1. The van der Waals surface area contributed by atoms with Gasteiger partial charge in [0.1, 0.15) is 0 Å². The Morgan fingerprint density at radius 1 is 1.35 bits per heavy atom. The van der Waals surface area contributed by atoms with Gasteiger partial charge in [-0.3, -0.25) is 4.79 Å². The molecule has 0 spiro atoms. The Kier molecular flexibility index (Phi) is 3.69. The van der Waals surface area contributed by atoms with E-state index < -0.39 is 5.54 Å². The Bertz CT molecular complexity index is 709. The minimum absolute atomic E-state index is 0.0738. The van der Waals surface area contributed by atoms with Gasteiger partial charge in [0.15, 0.2) is 5.82 Å². The lowest BCUT2D eigenvalue weighted by atomic mass is 9.77. The predicted octanol–water partition coefficient (Wildman–Crippen LogP) is 2.28. The van der Waals surface area contributed by atoms with E-state index in [1.54, 1.807) is 11.3 Å². The molecule has 2 aliphatic carbocycles. The summed E-state index contributed by atoms with van der Waals surface area (Å²) in [6.45, 7) is 0.241. The van der Waals surface area contributed by atoms with Crippen molar-refractivity contribution in [2.75, 3.05) is 0 Å². The summed E-state index contributed by atoms with van der Waals surface area (Å²) in [4.78, 5) is 18.7. The molecule has 2 aromatic heterocycles. The third kappa shape index (κ3) is 2.79. The van der Waals surface area contributed by atoms with Gasteiger partial charge in [0.2, 0.25) is 5.89 Å². The van der Waals surface area contributed by atoms with Crippen LogP contribution in [0.2, 0.25) is 0 Å². The Labute approximate surface area is 138 Å². The number of aromatic nitrogens is 2. The maximum Gasteiger partial charge on any atom is 0.261 e. The van der Waals surface area contributed by atoms with Crippen molar-refractivity contribution in [1.29, 1.82) is 0 Å². The van der Waals surface area contributed by atoms with Gasteiger partial charge in [-0.2, -0.15) is 4.98 Å². The van der Waals surface area contributed by atoms with E-state index in [1.807, 2.05) is 6.07 Å². The fraction of sp³-hybridized carbons (Fsp3) is 0.562. The van der Waals surface area contributed by atoms with Crippen molar-refractivity contribution < 1.29 is 9.32 Å². The van der Waals surface area contributed by atoms with Gasteiger partial charge in [0.25, 0.3) is 5.91 Å². The molecular weight excluding hydrogens is 312 g/mol. The molecule has 2 aromatic rings. The van der Waals surface area contributed by atoms with E-state index in [4.69, 9.17) is 10.3 Å². The number of nitrogens with zero attached hydrogens (tertiary/aromatic N) is 2. The van der Waals surface area contributed by atoms with Crippen molar-refractivity contribution in [3.63, 3.8) is 0 Å². The van der Waals surface area contributed by atoms with Crippen LogP contribution >= 0.6 is 11.3 Å². The van der Waals surface area contributed by atoms with Gasteiger partial charge in [0.05, 0.1) is 17.0 Å². The minimum Gasteiger partial charge on any atom is -0.342 e. The molecule has 1 saturated carbocycles. The van der Waals surface area contributed by atoms with Gasteiger partial charge < -0.3 is 15.6 Å². The Balaban J connectivity index is 1.39. The quantitative estimate of drug-likeness (QED) is 0.896. The zero-order valence-corrected chi connectivity index (χ0v) is 13.7. The average Bonchev–Trinajstić information content (AvgIpc) is 3.17. The van der Waals surface area contributed by atoms with Crippen LogP contribution in [0, 0.1) is 0 Å². The number of hydrogen-bond donors (Lipinski definition) is 2. The molecule has 0 saturated heterocycles. The maximum absolute atomic E-state index is 12.3. The summed E-state index contributed by atoms with van der Waals surface area (Å²) < 4.78 is 5.20. The number of rotatable bonds is 4. The summed E-state index contributed by atoms with van der Waals surface area (Å²) in [7, 11) is 0. The molecule has 2 heterocycles. The van der Waals surface area contributed by atoms with Gasteiger partial charge in [0, 0.05) is 4.88 Å². The van der Waals surface area contributed by atoms with Gasteiger partial charge in [-0.25, -0.2) is 0 Å². The maximum atomic E-state index is 12.3. The molecule has 0 atom stereocenters. The van der Waals surface area contributed by atoms with Crippen LogP contribution in [0.3, 0.4) is 0 Å². The number of fused-ring (bicyclic) bond motifs is 1. The molecule has 0 bridgehead atoms. The first-order valence-electron chi connectivity index (χ1n) is 8.16. The Hall–Kier alpha value is -1.73. The van der Waals surface area contributed by atoms with Crippen LogP contribution < -0.4 is 11.1 Å². The number of nitrogens with two attached hydrogens (primary N) is 1. The highest BCUT2D eigenvalue weighted by Crippen LogP contribution is 2.36. The molecule has 0 aliphatic heterocycles. The van der Waals surface area contributed by atoms with E-state index in [2.05, 4.69) is 15.5 Å². The highest BCUT2D eigenvalue weighted by atomic mass is 32.1. The molecular formula is C16H20N4O2S. The van der Waals surface area contributed by atoms with Gasteiger partial charge >= 0.3 is 0 Å². The van der Waals surface area contributed by atoms with E-state index in [9.17, 15) is 4.79 Å². The largest absolute Gasteiger partial charge is 0.342 e. The summed E-state index contributed by atoms with van der Waals surface area (Å²) in [6, 6.07) is 2.02. The van der Waals surface area contributed by atoms with Crippen LogP contribution in [0.5, 0.6) is 0 Å². The minimum atomic E-state index is -0.432. The number of amides is 1. The lowest BCUT2D eigenvalue weighted by Gasteiger charge is -2.34. The van der Waals surface area contributed by atoms with Crippen molar-refractivity contribution >= 4 is 17.2 Å². The highest BCUT2D eigenvalue weighted by Gasteiger charge is 2.38. The monoisotopic (exact) mass is 332 g/mol. The Morgan fingerprint density at radius 2 is 2.17 bits per heavy atom. The van der Waals surface area contributed by atoms with E-state index in [0.717, 1.165) is 37.0 Å². The first kappa shape index (κ1) is 14.8. The molecule has 0 aromatic carbocycles. The molecule has 1 amide bonds. The first-order valence-corrected chi connectivity index (χ1v) is 8.97. The predicted molar refractivity (Wildman–Crippen MR) is 86.1 cm³/mol. The molecule has 1 fully saturated rings. The standard InChI is InChI=1S/C16H20N4O2S/c17-16(6-3-7-16)15-19-13(22-20-15)9-18-14(21)12-8-10-4-1-2-5-11(10)23-12/h8H,1-7,9,17H2,(H,18,21). The molecule has 4 rings (SSSR count). The van der Waals surface area contributed by atoms with Crippen molar-refractivity contribution in [3.8, 4) is 0 Å². The van der Waals surface area contributed by atoms with E-state index >= 15 is 0 Å². The van der Waals surface area contributed by atoms with Gasteiger partial charge in [-0.1, -0.05) is 5.16 Å². The van der Waals surface area contributed by atoms with Crippen LogP contribution in [0.1, 0.15) is 63.9 Å². The second kappa shape index (κ2) is 5.72. The van der Waals surface area contributed by atoms with Crippen LogP contribution in [0.15, 0.2) is 10.6 Å². The fourth-order valence-electron chi connectivity index (χ4n) is 3.16. The number of hydrogen-bond acceptors (Lipinski definition) is 6. The normalized spacial score (nSPS) is 19.0. The van der Waals surface area contributed by atoms with Gasteiger partial charge in [-0.05, 0) is 56.6 Å². The number of thiophene rings is 1. The van der Waals surface area contributed by atoms with Gasteiger partial charge in [-0.15, -0.1) is 11.3 Å². The Morgan fingerprint density at radius 3 is 2.91 bits per heavy atom. The topological polar surface area (TPSA) is 94.0 Å². The van der Waals surface area contributed by atoms with E-state index in [1.165, 1.54) is 23.3 Å². The lowest BCUT2D eigenvalue weighted by molar-refractivity contribution is 0.0950. The van der Waals surface area contributed by atoms with Crippen molar-refractivity contribution in [1.82, 2.24) is 15.5 Å². The summed E-state index contributed by atoms with van der Waals surface area (Å²) in [6.07, 6.45) is 7.50. The average molecular weight is 332 g/mol. The first-order chi connectivity index (χ1) is 11.1. The molecule has 122 valence electrons. The molecule has 0 unspecified atom stereocenters. The van der Waals surface area contributed by atoms with Crippen LogP contribution in [0.4, 0.5) is 0 Å². The number of carbonyl (C=O) groups excluding carboxylic acids is 1. The second-order valence-electron chi connectivity index (χ2n) is 6.47. The summed E-state index contributed by atoms with van der Waals surface area (Å²) in [5, 5.41) is 6.81. The molecule has 6 nitrogen and oxygen atoms in total. The van der Waals surface area contributed by atoms with Crippen molar-refractivity contribution in [2.45, 2.75) is 57.0 Å². The van der Waals surface area contributed by atoms with Crippen molar-refractivity contribution in [3.05, 3.63) is 33.1 Å². The van der Waals surface area contributed by atoms with Crippen LogP contribution in [-0.2, 0) is 24.9 Å². The molecule has 0 radical (unpaired) electrons. The van der Waals surface area contributed by atoms with Crippen molar-refractivity contribution in [2.24, 2.45) is 5.73 Å². The molecule has 7 heteroatoms. The molecule has 2 aliphatic rings. The highest BCUT2D eigenvalue weighted by molar-refractivity contribution is 7.14. The molecule has 23 heavy (non-hydrogen) atoms. The number of carbonyl (C=O) groups is 1. The number of aryl methyl sites for hydroxylation is 2. The lowest BCUT2D eigenvalue weighted by Crippen LogP contribution is -2.44. The second-order valence-corrected chi connectivity index (χ2v) is 7.61. The zero-order valence-electron chi connectivity index (χ0n) is 12.9. The molecule has 3 N–H and O–H groups in total. The summed E-state index contributed by atoms with van der Waals surface area (Å²) in [5.41, 5.74) is 7.07. The summed E-state index contributed by atoms with van der Waals surface area (Å²) in [5.74, 6) is 0.890. The third-order valence-electron chi connectivity index (χ3n) is 4.78. The SMILES string of the molecule is NC1(c2noc(CNC(=O)c3cc4c(s3)CCCC4)n2)CCC1. The van der Waals surface area contributed by atoms with E-state index in [-0.39, 0.29) is 12.5 Å². The third-order valence-corrected chi connectivity index (χ3v) is 6.02. The van der Waals surface area contributed by atoms with Crippen LogP contribution in [0.25, 0.3) is 0 Å².